The first-order chi connectivity index (χ1) is 4.20. The van der Waals surface area contributed by atoms with E-state index in [2.05, 4.69) is 11.8 Å². The summed E-state index contributed by atoms with van der Waals surface area (Å²) in [5.41, 5.74) is 0. The van der Waals surface area contributed by atoms with E-state index in [1.807, 2.05) is 6.92 Å². The van der Waals surface area contributed by atoms with Crippen LogP contribution in [0.15, 0.2) is 17.1 Å². The van der Waals surface area contributed by atoms with Crippen molar-refractivity contribution in [2.75, 3.05) is 14.2 Å². The highest BCUT2D eigenvalue weighted by Crippen LogP contribution is 1.94. The van der Waals surface area contributed by atoms with E-state index >= 15 is 0 Å². The summed E-state index contributed by atoms with van der Waals surface area (Å²) in [7, 11) is 3.40. The number of rotatable bonds is 3. The molecular weight excluding hydrogens is 116 g/mol. The van der Waals surface area contributed by atoms with Gasteiger partial charge in [-0.05, 0) is 6.92 Å². The monoisotopic (exact) mass is 128 g/mol. The number of hydrazone groups is 1. The molecule has 0 aliphatic heterocycles. The van der Waals surface area contributed by atoms with Crippen LogP contribution in [-0.4, -0.2) is 25.9 Å². The maximum absolute atomic E-state index is 4.85. The Labute approximate surface area is 55.6 Å². The van der Waals surface area contributed by atoms with Crippen LogP contribution in [0, 0.1) is 0 Å². The molecule has 0 fully saturated rings. The van der Waals surface area contributed by atoms with Gasteiger partial charge in [0.1, 0.15) is 5.76 Å². The summed E-state index contributed by atoms with van der Waals surface area (Å²) >= 11 is 0. The molecule has 3 nitrogen and oxygen atoms in total. The summed E-state index contributed by atoms with van der Waals surface area (Å²) in [5.74, 6) is 0.810. The molecule has 0 saturated heterocycles. The topological polar surface area (TPSA) is 24.8 Å². The molecule has 0 unspecified atom stereocenters. The van der Waals surface area contributed by atoms with Crippen LogP contribution in [0.2, 0.25) is 0 Å². The lowest BCUT2D eigenvalue weighted by Crippen LogP contribution is -2.01. The van der Waals surface area contributed by atoms with Gasteiger partial charge in [-0.3, -0.25) is 5.01 Å². The number of hydrogen-bond acceptors (Lipinski definition) is 3. The van der Waals surface area contributed by atoms with E-state index in [1.165, 1.54) is 0 Å². The van der Waals surface area contributed by atoms with Crippen molar-refractivity contribution in [3.8, 4) is 0 Å². The normalized spacial score (nSPS) is 10.8. The lowest BCUT2D eigenvalue weighted by Gasteiger charge is -2.05. The quantitative estimate of drug-likeness (QED) is 0.322. The highest BCUT2D eigenvalue weighted by molar-refractivity contribution is 5.22. The predicted octanol–water partition coefficient (Wildman–Crippen LogP) is 1.04. The Balaban J connectivity index is 3.78. The van der Waals surface area contributed by atoms with E-state index in [-0.39, 0.29) is 0 Å². The highest BCUT2D eigenvalue weighted by atomic mass is 16.5. The molecule has 52 valence electrons. The fourth-order valence-corrected chi connectivity index (χ4v) is 0.357. The van der Waals surface area contributed by atoms with Gasteiger partial charge in [-0.15, -0.1) is 0 Å². The van der Waals surface area contributed by atoms with E-state index in [0.717, 1.165) is 5.76 Å². The predicted molar refractivity (Wildman–Crippen MR) is 38.1 cm³/mol. The number of allylic oxidation sites excluding steroid dienone is 1. The van der Waals surface area contributed by atoms with Gasteiger partial charge >= 0.3 is 0 Å². The lowest BCUT2D eigenvalue weighted by molar-refractivity contribution is 0.280. The van der Waals surface area contributed by atoms with Gasteiger partial charge in [0.25, 0.3) is 0 Å². The first-order valence-electron chi connectivity index (χ1n) is 2.62. The Morgan fingerprint density at radius 3 is 2.67 bits per heavy atom. The molecule has 0 rings (SSSR count). The minimum Gasteiger partial charge on any atom is -0.500 e. The zero-order valence-corrected chi connectivity index (χ0v) is 6.09. The van der Waals surface area contributed by atoms with Gasteiger partial charge < -0.3 is 4.74 Å². The summed E-state index contributed by atoms with van der Waals surface area (Å²) in [6.07, 6.45) is 1.74. The van der Waals surface area contributed by atoms with Gasteiger partial charge in [-0.2, -0.15) is 5.10 Å². The van der Waals surface area contributed by atoms with Gasteiger partial charge in [0.15, 0.2) is 0 Å². The molecular formula is C6H12N2O. The smallest absolute Gasteiger partial charge is 0.110 e. The van der Waals surface area contributed by atoms with Crippen LogP contribution in [-0.2, 0) is 4.74 Å². The van der Waals surface area contributed by atoms with Gasteiger partial charge in [0, 0.05) is 13.8 Å². The third-order valence-electron chi connectivity index (χ3n) is 0.914. The Morgan fingerprint density at radius 2 is 2.33 bits per heavy atom. The molecule has 0 aliphatic rings. The van der Waals surface area contributed by atoms with Crippen molar-refractivity contribution in [3.63, 3.8) is 0 Å². The summed E-state index contributed by atoms with van der Waals surface area (Å²) in [4.78, 5) is 0. The van der Waals surface area contributed by atoms with Crippen molar-refractivity contribution in [1.82, 2.24) is 5.01 Å². The Bertz CT molecular complexity index is 120. The summed E-state index contributed by atoms with van der Waals surface area (Å²) in [6, 6.07) is 0. The number of ether oxygens (including phenoxy) is 1. The van der Waals surface area contributed by atoms with Crippen molar-refractivity contribution >= 4 is 6.72 Å². The van der Waals surface area contributed by atoms with Crippen molar-refractivity contribution in [2.24, 2.45) is 5.10 Å². The zero-order chi connectivity index (χ0) is 7.28. The first kappa shape index (κ1) is 8.01. The van der Waals surface area contributed by atoms with Crippen molar-refractivity contribution < 1.29 is 4.74 Å². The average molecular weight is 128 g/mol. The lowest BCUT2D eigenvalue weighted by atomic mass is 10.6. The van der Waals surface area contributed by atoms with Crippen LogP contribution < -0.4 is 0 Å². The molecule has 0 amide bonds. The standard InChI is InChI=1S/C6H12N2O/c1-6(9-4)5-8(3)7-2/h5H,2H2,1,3-4H3/b6-5+. The van der Waals surface area contributed by atoms with Crippen LogP contribution in [0.25, 0.3) is 0 Å². The number of hydrogen-bond donors (Lipinski definition) is 0. The molecule has 0 bridgehead atoms. The van der Waals surface area contributed by atoms with E-state index in [1.54, 1.807) is 25.4 Å². The van der Waals surface area contributed by atoms with E-state index in [9.17, 15) is 0 Å². The molecule has 0 heterocycles. The van der Waals surface area contributed by atoms with Crippen molar-refractivity contribution in [3.05, 3.63) is 12.0 Å². The Morgan fingerprint density at radius 1 is 1.78 bits per heavy atom. The van der Waals surface area contributed by atoms with Crippen LogP contribution in [0.5, 0.6) is 0 Å². The average Bonchev–Trinajstić information content (AvgIpc) is 1.87. The Hall–Kier alpha value is -0.990. The van der Waals surface area contributed by atoms with Crippen LogP contribution in [0.4, 0.5) is 0 Å². The van der Waals surface area contributed by atoms with E-state index < -0.39 is 0 Å². The number of nitrogens with zero attached hydrogens (tertiary/aromatic N) is 2. The Kier molecular flexibility index (Phi) is 3.51. The van der Waals surface area contributed by atoms with Gasteiger partial charge in [0.05, 0.1) is 13.3 Å². The third-order valence-corrected chi connectivity index (χ3v) is 0.914. The number of methoxy groups -OCH3 is 1. The largest absolute Gasteiger partial charge is 0.500 e. The third kappa shape index (κ3) is 3.58. The van der Waals surface area contributed by atoms with E-state index in [0.29, 0.717) is 0 Å². The second-order valence-electron chi connectivity index (χ2n) is 1.66. The molecule has 0 aromatic heterocycles. The van der Waals surface area contributed by atoms with Crippen LogP contribution >= 0.6 is 0 Å². The van der Waals surface area contributed by atoms with Crippen LogP contribution in [0.1, 0.15) is 6.92 Å². The molecule has 0 atom stereocenters. The van der Waals surface area contributed by atoms with Crippen LogP contribution in [0.3, 0.4) is 0 Å². The molecule has 0 N–H and O–H groups in total. The van der Waals surface area contributed by atoms with Gasteiger partial charge in [0.2, 0.25) is 0 Å². The maximum Gasteiger partial charge on any atom is 0.110 e. The minimum atomic E-state index is 0.810. The zero-order valence-electron chi connectivity index (χ0n) is 6.09. The second kappa shape index (κ2) is 3.95. The van der Waals surface area contributed by atoms with Crippen molar-refractivity contribution in [1.29, 1.82) is 0 Å². The molecule has 9 heavy (non-hydrogen) atoms. The molecule has 0 radical (unpaired) electrons. The molecule has 0 saturated carbocycles. The van der Waals surface area contributed by atoms with E-state index in [4.69, 9.17) is 4.74 Å². The summed E-state index contributed by atoms with van der Waals surface area (Å²) in [5, 5.41) is 5.19. The summed E-state index contributed by atoms with van der Waals surface area (Å²) < 4.78 is 4.85. The van der Waals surface area contributed by atoms with Crippen molar-refractivity contribution in [2.45, 2.75) is 6.92 Å². The minimum absolute atomic E-state index is 0.810. The van der Waals surface area contributed by atoms with Gasteiger partial charge in [-0.1, -0.05) is 0 Å². The summed E-state index contributed by atoms with van der Waals surface area (Å²) in [6.45, 7) is 5.17. The highest BCUT2D eigenvalue weighted by Gasteiger charge is 1.85. The maximum atomic E-state index is 4.85. The first-order valence-corrected chi connectivity index (χ1v) is 2.62. The SMILES string of the molecule is C=NN(C)/C=C(\C)OC. The molecule has 0 aromatic rings. The fourth-order valence-electron chi connectivity index (χ4n) is 0.357. The molecule has 3 heteroatoms. The molecule has 0 aromatic carbocycles. The van der Waals surface area contributed by atoms with Gasteiger partial charge in [-0.25, -0.2) is 0 Å². The molecule has 0 spiro atoms. The molecule has 0 aliphatic carbocycles. The second-order valence-corrected chi connectivity index (χ2v) is 1.66. The fraction of sp³-hybridized carbons (Fsp3) is 0.500.